The molecule has 1 saturated heterocycles. The molecule has 4 rings (SSSR count). The highest BCUT2D eigenvalue weighted by molar-refractivity contribution is 6.08. The first-order valence-electron chi connectivity index (χ1n) is 9.47. The molecule has 0 bridgehead atoms. The summed E-state index contributed by atoms with van der Waals surface area (Å²) in [5.41, 5.74) is 7.43. The molecule has 6 heteroatoms. The fourth-order valence-electron chi connectivity index (χ4n) is 3.71. The molecule has 29 heavy (non-hydrogen) atoms. The van der Waals surface area contributed by atoms with Crippen LogP contribution in [0.1, 0.15) is 12.0 Å². The van der Waals surface area contributed by atoms with Crippen LogP contribution in [0, 0.1) is 5.92 Å². The Labute approximate surface area is 168 Å². The van der Waals surface area contributed by atoms with E-state index >= 15 is 0 Å². The van der Waals surface area contributed by atoms with E-state index in [0.717, 1.165) is 22.0 Å². The third-order valence-corrected chi connectivity index (χ3v) is 5.15. The largest absolute Gasteiger partial charge is 0.369 e. The molecule has 0 aromatic heterocycles. The number of primary amides is 1. The fourth-order valence-corrected chi connectivity index (χ4v) is 3.71. The number of carbonyl (C=O) groups is 3. The van der Waals surface area contributed by atoms with E-state index in [-0.39, 0.29) is 24.7 Å². The van der Waals surface area contributed by atoms with Crippen LogP contribution < -0.4 is 16.0 Å². The van der Waals surface area contributed by atoms with Crippen molar-refractivity contribution in [3.8, 4) is 0 Å². The second kappa shape index (κ2) is 7.75. The quantitative estimate of drug-likeness (QED) is 0.705. The molecule has 1 atom stereocenters. The van der Waals surface area contributed by atoms with Crippen LogP contribution in [0.3, 0.4) is 0 Å². The molecular formula is C23H21N3O3. The molecule has 3 aromatic rings. The monoisotopic (exact) mass is 387 g/mol. The molecule has 1 fully saturated rings. The number of carbonyl (C=O) groups excluding carboxylic acids is 3. The van der Waals surface area contributed by atoms with Gasteiger partial charge in [0.15, 0.2) is 0 Å². The zero-order chi connectivity index (χ0) is 20.4. The van der Waals surface area contributed by atoms with Crippen LogP contribution in [0.5, 0.6) is 0 Å². The first-order valence-corrected chi connectivity index (χ1v) is 9.47. The molecule has 6 nitrogen and oxygen atoms in total. The Morgan fingerprint density at radius 1 is 1.00 bits per heavy atom. The average Bonchev–Trinajstić information content (AvgIpc) is 3.10. The number of amides is 3. The van der Waals surface area contributed by atoms with Crippen molar-refractivity contribution in [2.45, 2.75) is 12.8 Å². The molecule has 3 aromatic carbocycles. The van der Waals surface area contributed by atoms with Crippen molar-refractivity contribution in [3.63, 3.8) is 0 Å². The second-order valence-electron chi connectivity index (χ2n) is 7.23. The van der Waals surface area contributed by atoms with Gasteiger partial charge in [-0.25, -0.2) is 0 Å². The number of fused-ring (bicyclic) bond motifs is 1. The van der Waals surface area contributed by atoms with Crippen molar-refractivity contribution in [2.75, 3.05) is 16.8 Å². The van der Waals surface area contributed by atoms with Crippen molar-refractivity contribution in [1.29, 1.82) is 0 Å². The minimum Gasteiger partial charge on any atom is -0.369 e. The number of nitrogens with one attached hydrogen (secondary N) is 1. The van der Waals surface area contributed by atoms with E-state index in [1.165, 1.54) is 0 Å². The normalized spacial score (nSPS) is 16.2. The molecule has 1 unspecified atom stereocenters. The molecule has 3 N–H and O–H groups in total. The summed E-state index contributed by atoms with van der Waals surface area (Å²) in [5.74, 6) is -1.08. The third kappa shape index (κ3) is 3.96. The SMILES string of the molecule is NC(=O)Cc1ccc(NC(=O)C2CC(=O)N(c3cccc4ccccc34)C2)cc1. The van der Waals surface area contributed by atoms with Gasteiger partial charge in [0.05, 0.1) is 18.0 Å². The number of benzene rings is 3. The summed E-state index contributed by atoms with van der Waals surface area (Å²) < 4.78 is 0. The Morgan fingerprint density at radius 3 is 2.48 bits per heavy atom. The Hall–Kier alpha value is -3.67. The molecule has 1 aliphatic heterocycles. The third-order valence-electron chi connectivity index (χ3n) is 5.15. The lowest BCUT2D eigenvalue weighted by Gasteiger charge is -2.19. The van der Waals surface area contributed by atoms with Crippen molar-refractivity contribution in [3.05, 3.63) is 72.3 Å². The smallest absolute Gasteiger partial charge is 0.229 e. The van der Waals surface area contributed by atoms with Crippen molar-refractivity contribution in [2.24, 2.45) is 11.7 Å². The Bertz CT molecular complexity index is 1090. The standard InChI is InChI=1S/C23H21N3O3/c24-21(27)12-15-8-10-18(11-9-15)25-23(29)17-13-22(28)26(14-17)20-7-3-5-16-4-1-2-6-19(16)20/h1-11,17H,12-14H2,(H2,24,27)(H,25,29). The van der Waals surface area contributed by atoms with Crippen LogP contribution >= 0.6 is 0 Å². The van der Waals surface area contributed by atoms with Gasteiger partial charge in [-0.3, -0.25) is 14.4 Å². The van der Waals surface area contributed by atoms with Crippen LogP contribution in [0.15, 0.2) is 66.7 Å². The minimum absolute atomic E-state index is 0.0571. The van der Waals surface area contributed by atoms with Gasteiger partial charge < -0.3 is 16.0 Å². The lowest BCUT2D eigenvalue weighted by molar-refractivity contribution is -0.122. The van der Waals surface area contributed by atoms with E-state index in [4.69, 9.17) is 5.73 Å². The van der Waals surface area contributed by atoms with Gasteiger partial charge in [-0.05, 0) is 29.1 Å². The van der Waals surface area contributed by atoms with E-state index in [1.54, 1.807) is 29.2 Å². The topological polar surface area (TPSA) is 92.5 Å². The molecule has 1 aliphatic rings. The molecular weight excluding hydrogens is 366 g/mol. The Balaban J connectivity index is 1.47. The number of nitrogens with two attached hydrogens (primary N) is 1. The fraction of sp³-hybridized carbons (Fsp3) is 0.174. The van der Waals surface area contributed by atoms with Crippen LogP contribution in [0.4, 0.5) is 11.4 Å². The molecule has 1 heterocycles. The maximum Gasteiger partial charge on any atom is 0.229 e. The first-order chi connectivity index (χ1) is 14.0. The number of hydrogen-bond donors (Lipinski definition) is 2. The summed E-state index contributed by atoms with van der Waals surface area (Å²) in [6.07, 6.45) is 0.333. The van der Waals surface area contributed by atoms with Crippen LogP contribution in [-0.4, -0.2) is 24.3 Å². The van der Waals surface area contributed by atoms with Gasteiger partial charge in [0.2, 0.25) is 17.7 Å². The summed E-state index contributed by atoms with van der Waals surface area (Å²) >= 11 is 0. The number of rotatable bonds is 5. The Morgan fingerprint density at radius 2 is 1.72 bits per heavy atom. The Kier molecular flexibility index (Phi) is 4.99. The predicted molar refractivity (Wildman–Crippen MR) is 112 cm³/mol. The van der Waals surface area contributed by atoms with E-state index in [2.05, 4.69) is 5.32 Å². The zero-order valence-electron chi connectivity index (χ0n) is 15.8. The maximum atomic E-state index is 12.7. The highest BCUT2D eigenvalue weighted by Gasteiger charge is 2.35. The number of anilines is 2. The lowest BCUT2D eigenvalue weighted by atomic mass is 10.1. The van der Waals surface area contributed by atoms with Gasteiger partial charge >= 0.3 is 0 Å². The van der Waals surface area contributed by atoms with E-state index in [9.17, 15) is 14.4 Å². The zero-order valence-corrected chi connectivity index (χ0v) is 15.8. The number of hydrogen-bond acceptors (Lipinski definition) is 3. The predicted octanol–water partition coefficient (Wildman–Crippen LogP) is 2.86. The van der Waals surface area contributed by atoms with Crippen molar-refractivity contribution in [1.82, 2.24) is 0 Å². The summed E-state index contributed by atoms with van der Waals surface area (Å²) in [6.45, 7) is 0.346. The minimum atomic E-state index is -0.424. The van der Waals surface area contributed by atoms with Crippen LogP contribution in [0.2, 0.25) is 0 Å². The highest BCUT2D eigenvalue weighted by Crippen LogP contribution is 2.32. The van der Waals surface area contributed by atoms with E-state index in [1.807, 2.05) is 42.5 Å². The van der Waals surface area contributed by atoms with Crippen LogP contribution in [-0.2, 0) is 20.8 Å². The average molecular weight is 387 g/mol. The van der Waals surface area contributed by atoms with Gasteiger partial charge in [0, 0.05) is 24.0 Å². The van der Waals surface area contributed by atoms with E-state index < -0.39 is 11.8 Å². The molecule has 146 valence electrons. The summed E-state index contributed by atoms with van der Waals surface area (Å²) in [5, 5.41) is 4.91. The first kappa shape index (κ1) is 18.7. The molecule has 0 aliphatic carbocycles. The summed E-state index contributed by atoms with van der Waals surface area (Å²) in [7, 11) is 0. The van der Waals surface area contributed by atoms with Gasteiger partial charge in [0.25, 0.3) is 0 Å². The van der Waals surface area contributed by atoms with Gasteiger partial charge in [-0.2, -0.15) is 0 Å². The second-order valence-corrected chi connectivity index (χ2v) is 7.23. The molecule has 0 saturated carbocycles. The van der Waals surface area contributed by atoms with Gasteiger partial charge in [-0.15, -0.1) is 0 Å². The lowest BCUT2D eigenvalue weighted by Crippen LogP contribution is -2.28. The van der Waals surface area contributed by atoms with Crippen molar-refractivity contribution >= 4 is 39.9 Å². The molecule has 3 amide bonds. The van der Waals surface area contributed by atoms with Crippen LogP contribution in [0.25, 0.3) is 10.8 Å². The summed E-state index contributed by atoms with van der Waals surface area (Å²) in [6, 6.07) is 20.7. The highest BCUT2D eigenvalue weighted by atomic mass is 16.2. The van der Waals surface area contributed by atoms with Gasteiger partial charge in [0.1, 0.15) is 0 Å². The van der Waals surface area contributed by atoms with Gasteiger partial charge in [-0.1, -0.05) is 48.5 Å². The maximum absolute atomic E-state index is 12.7. The molecule has 0 radical (unpaired) electrons. The van der Waals surface area contributed by atoms with Crippen molar-refractivity contribution < 1.29 is 14.4 Å². The number of nitrogens with zero attached hydrogens (tertiary/aromatic N) is 1. The summed E-state index contributed by atoms with van der Waals surface area (Å²) in [4.78, 5) is 38.0. The molecule has 0 spiro atoms. The van der Waals surface area contributed by atoms with E-state index in [0.29, 0.717) is 12.2 Å².